The van der Waals surface area contributed by atoms with Gasteiger partial charge in [-0.3, -0.25) is 0 Å². The molecule has 0 saturated heterocycles. The van der Waals surface area contributed by atoms with Crippen LogP contribution < -0.4 is 5.73 Å². The van der Waals surface area contributed by atoms with E-state index in [0.29, 0.717) is 6.54 Å². The van der Waals surface area contributed by atoms with Crippen LogP contribution in [0.4, 0.5) is 0 Å². The van der Waals surface area contributed by atoms with Gasteiger partial charge < -0.3 is 5.73 Å². The smallest absolute Gasteiger partial charge is 0.124 e. The van der Waals surface area contributed by atoms with E-state index in [-0.39, 0.29) is 0 Å². The van der Waals surface area contributed by atoms with Gasteiger partial charge in [0.05, 0.1) is 10.6 Å². The van der Waals surface area contributed by atoms with E-state index in [1.165, 1.54) is 9.75 Å². The van der Waals surface area contributed by atoms with Crippen molar-refractivity contribution in [2.45, 2.75) is 13.5 Å². The molecule has 2 heterocycles. The highest BCUT2D eigenvalue weighted by Gasteiger charge is 2.08. The van der Waals surface area contributed by atoms with E-state index in [0.717, 1.165) is 21.8 Å². The van der Waals surface area contributed by atoms with Crippen LogP contribution in [0.15, 0.2) is 41.8 Å². The van der Waals surface area contributed by atoms with E-state index in [9.17, 15) is 0 Å². The van der Waals surface area contributed by atoms with Crippen molar-refractivity contribution in [3.05, 3.63) is 52.2 Å². The lowest BCUT2D eigenvalue weighted by molar-refractivity contribution is 1.07. The molecule has 0 fully saturated rings. The number of nitrogens with zero attached hydrogens (tertiary/aromatic N) is 1. The third kappa shape index (κ3) is 2.61. The number of aryl methyl sites for hydroxylation is 1. The topological polar surface area (TPSA) is 38.9 Å². The largest absolute Gasteiger partial charge is 0.326 e. The van der Waals surface area contributed by atoms with Gasteiger partial charge in [0, 0.05) is 22.4 Å². The van der Waals surface area contributed by atoms with Gasteiger partial charge in [0.25, 0.3) is 0 Å². The van der Waals surface area contributed by atoms with Gasteiger partial charge in [-0.1, -0.05) is 24.3 Å². The molecule has 3 rings (SSSR count). The zero-order chi connectivity index (χ0) is 13.2. The van der Waals surface area contributed by atoms with Crippen molar-refractivity contribution in [1.82, 2.24) is 4.98 Å². The van der Waals surface area contributed by atoms with Crippen LogP contribution in [0.25, 0.3) is 21.1 Å². The Kier molecular flexibility index (Phi) is 3.46. The van der Waals surface area contributed by atoms with E-state index < -0.39 is 0 Å². The Morgan fingerprint density at radius 2 is 1.89 bits per heavy atom. The van der Waals surface area contributed by atoms with Crippen molar-refractivity contribution in [2.24, 2.45) is 5.73 Å². The third-order valence-corrected chi connectivity index (χ3v) is 4.85. The van der Waals surface area contributed by atoms with E-state index in [4.69, 9.17) is 10.7 Å². The molecule has 0 unspecified atom stereocenters. The lowest BCUT2D eigenvalue weighted by Crippen LogP contribution is -1.95. The number of hydrogen-bond donors (Lipinski definition) is 1. The highest BCUT2D eigenvalue weighted by atomic mass is 32.1. The molecule has 0 aliphatic rings. The normalized spacial score (nSPS) is 10.8. The minimum Gasteiger partial charge on any atom is -0.326 e. The SMILES string of the molecule is Cc1ccc(-c2csc(-c3ccc(CN)cc3)n2)s1. The quantitative estimate of drug-likeness (QED) is 0.779. The summed E-state index contributed by atoms with van der Waals surface area (Å²) >= 11 is 3.47. The first kappa shape index (κ1) is 12.5. The Morgan fingerprint density at radius 1 is 1.11 bits per heavy atom. The van der Waals surface area contributed by atoms with E-state index in [1.807, 2.05) is 0 Å². The lowest BCUT2D eigenvalue weighted by Gasteiger charge is -1.98. The summed E-state index contributed by atoms with van der Waals surface area (Å²) in [6.45, 7) is 2.70. The van der Waals surface area contributed by atoms with Crippen molar-refractivity contribution >= 4 is 22.7 Å². The number of benzene rings is 1. The van der Waals surface area contributed by atoms with E-state index in [2.05, 4.69) is 48.7 Å². The molecule has 4 heteroatoms. The number of thiophene rings is 1. The van der Waals surface area contributed by atoms with E-state index >= 15 is 0 Å². The maximum absolute atomic E-state index is 5.61. The molecule has 19 heavy (non-hydrogen) atoms. The molecule has 1 aromatic carbocycles. The maximum Gasteiger partial charge on any atom is 0.124 e. The summed E-state index contributed by atoms with van der Waals surface area (Å²) in [5, 5.41) is 3.18. The van der Waals surface area contributed by atoms with Gasteiger partial charge in [-0.2, -0.15) is 0 Å². The molecule has 3 aromatic rings. The van der Waals surface area contributed by atoms with Gasteiger partial charge in [-0.25, -0.2) is 4.98 Å². The molecule has 2 aromatic heterocycles. The molecule has 96 valence electrons. The predicted molar refractivity (Wildman–Crippen MR) is 83.5 cm³/mol. The van der Waals surface area contributed by atoms with Crippen LogP contribution in [0, 0.1) is 6.92 Å². The molecule has 0 spiro atoms. The number of hydrogen-bond acceptors (Lipinski definition) is 4. The Morgan fingerprint density at radius 3 is 2.53 bits per heavy atom. The molecule has 0 saturated carbocycles. The highest BCUT2D eigenvalue weighted by Crippen LogP contribution is 2.32. The van der Waals surface area contributed by atoms with Gasteiger partial charge in [-0.15, -0.1) is 22.7 Å². The minimum absolute atomic E-state index is 0.581. The molecule has 0 bridgehead atoms. The second kappa shape index (κ2) is 5.25. The fraction of sp³-hybridized carbons (Fsp3) is 0.133. The van der Waals surface area contributed by atoms with Crippen molar-refractivity contribution in [3.8, 4) is 21.1 Å². The maximum atomic E-state index is 5.61. The van der Waals surface area contributed by atoms with Gasteiger partial charge in [-0.05, 0) is 24.6 Å². The fourth-order valence-corrected chi connectivity index (χ4v) is 3.60. The van der Waals surface area contributed by atoms with Crippen molar-refractivity contribution < 1.29 is 0 Å². The zero-order valence-electron chi connectivity index (χ0n) is 10.6. The molecule has 0 aliphatic heterocycles. The standard InChI is InChI=1S/C15H14N2S2/c1-10-2-7-14(19-10)13-9-18-15(17-13)12-5-3-11(8-16)4-6-12/h2-7,9H,8,16H2,1H3. The summed E-state index contributed by atoms with van der Waals surface area (Å²) in [6.07, 6.45) is 0. The van der Waals surface area contributed by atoms with Gasteiger partial charge in [0.2, 0.25) is 0 Å². The molecule has 0 radical (unpaired) electrons. The molecular formula is C15H14N2S2. The molecule has 0 aliphatic carbocycles. The van der Waals surface area contributed by atoms with Crippen LogP contribution in [0.2, 0.25) is 0 Å². The second-order valence-electron chi connectivity index (χ2n) is 4.35. The Bertz CT molecular complexity index is 680. The summed E-state index contributed by atoms with van der Waals surface area (Å²) in [5.74, 6) is 0. The third-order valence-electron chi connectivity index (χ3n) is 2.93. The van der Waals surface area contributed by atoms with Crippen LogP contribution in [-0.2, 0) is 6.54 Å². The first-order valence-corrected chi connectivity index (χ1v) is 7.77. The molecular weight excluding hydrogens is 272 g/mol. The number of aromatic nitrogens is 1. The summed E-state index contributed by atoms with van der Waals surface area (Å²) in [4.78, 5) is 7.27. The summed E-state index contributed by atoms with van der Waals surface area (Å²) in [5.41, 5.74) is 8.98. The van der Waals surface area contributed by atoms with Crippen LogP contribution in [0.1, 0.15) is 10.4 Å². The van der Waals surface area contributed by atoms with Crippen LogP contribution in [-0.4, -0.2) is 4.98 Å². The number of rotatable bonds is 3. The fourth-order valence-electron chi connectivity index (χ4n) is 1.88. The van der Waals surface area contributed by atoms with E-state index in [1.54, 1.807) is 22.7 Å². The highest BCUT2D eigenvalue weighted by molar-refractivity contribution is 7.16. The average molecular weight is 286 g/mol. The summed E-state index contributed by atoms with van der Waals surface area (Å²) in [7, 11) is 0. The molecule has 2 N–H and O–H groups in total. The second-order valence-corrected chi connectivity index (χ2v) is 6.50. The number of nitrogens with two attached hydrogens (primary N) is 1. The lowest BCUT2D eigenvalue weighted by atomic mass is 10.1. The van der Waals surface area contributed by atoms with Crippen LogP contribution in [0.3, 0.4) is 0 Å². The van der Waals surface area contributed by atoms with Gasteiger partial charge >= 0.3 is 0 Å². The Labute approximate surface area is 120 Å². The summed E-state index contributed by atoms with van der Waals surface area (Å²) < 4.78 is 0. The van der Waals surface area contributed by atoms with Crippen LogP contribution >= 0.6 is 22.7 Å². The van der Waals surface area contributed by atoms with Gasteiger partial charge in [0.15, 0.2) is 0 Å². The van der Waals surface area contributed by atoms with Crippen molar-refractivity contribution in [3.63, 3.8) is 0 Å². The first-order chi connectivity index (χ1) is 9.26. The van der Waals surface area contributed by atoms with Gasteiger partial charge in [0.1, 0.15) is 5.01 Å². The Balaban J connectivity index is 1.91. The van der Waals surface area contributed by atoms with Crippen molar-refractivity contribution in [2.75, 3.05) is 0 Å². The van der Waals surface area contributed by atoms with Crippen molar-refractivity contribution in [1.29, 1.82) is 0 Å². The number of thiazole rings is 1. The molecule has 0 amide bonds. The first-order valence-electron chi connectivity index (χ1n) is 6.08. The monoisotopic (exact) mass is 286 g/mol. The minimum atomic E-state index is 0.581. The van der Waals surface area contributed by atoms with Crippen LogP contribution in [0.5, 0.6) is 0 Å². The molecule has 2 nitrogen and oxygen atoms in total. The summed E-state index contributed by atoms with van der Waals surface area (Å²) in [6, 6.07) is 12.6. The predicted octanol–water partition coefficient (Wildman–Crippen LogP) is 4.31. The average Bonchev–Trinajstić information content (AvgIpc) is 3.07. The molecule has 0 atom stereocenters. The Hall–Kier alpha value is -1.49. The zero-order valence-corrected chi connectivity index (χ0v) is 12.2.